The molecule has 0 spiro atoms. The fourth-order valence-electron chi connectivity index (χ4n) is 3.25. The number of nitrogens with two attached hydrogens (primary N) is 1. The van der Waals surface area contributed by atoms with E-state index in [9.17, 15) is 19.5 Å². The Morgan fingerprint density at radius 1 is 0.969 bits per heavy atom. The number of hydrogen-bond acceptors (Lipinski definition) is 4. The van der Waals surface area contributed by atoms with E-state index in [-0.39, 0.29) is 24.5 Å². The monoisotopic (exact) mass is 433 g/mol. The van der Waals surface area contributed by atoms with Crippen LogP contribution in [0.1, 0.15) is 28.4 Å². The van der Waals surface area contributed by atoms with E-state index in [1.807, 2.05) is 36.4 Å². The number of guanidine groups is 1. The van der Waals surface area contributed by atoms with Gasteiger partial charge in [-0.15, -0.1) is 0 Å². The number of hydrogen-bond donors (Lipinski definition) is 6. The number of carboxylic acids is 1. The minimum absolute atomic E-state index is 0.264. The molecule has 32 heavy (non-hydrogen) atoms. The van der Waals surface area contributed by atoms with E-state index in [1.165, 1.54) is 6.07 Å². The van der Waals surface area contributed by atoms with Gasteiger partial charge in [0.15, 0.2) is 5.96 Å². The molecule has 7 N–H and O–H groups in total. The van der Waals surface area contributed by atoms with E-state index in [4.69, 9.17) is 11.1 Å². The molecule has 0 saturated carbocycles. The van der Waals surface area contributed by atoms with Gasteiger partial charge in [-0.05, 0) is 40.6 Å². The molecule has 1 unspecified atom stereocenters. The van der Waals surface area contributed by atoms with Gasteiger partial charge in [0.25, 0.3) is 5.91 Å². The van der Waals surface area contributed by atoms with Crippen molar-refractivity contribution in [1.82, 2.24) is 10.6 Å². The van der Waals surface area contributed by atoms with Gasteiger partial charge in [-0.2, -0.15) is 0 Å². The highest BCUT2D eigenvalue weighted by atomic mass is 16.4. The average Bonchev–Trinajstić information content (AvgIpc) is 2.76. The van der Waals surface area contributed by atoms with Crippen LogP contribution in [0.4, 0.5) is 5.69 Å². The molecule has 9 nitrogen and oxygen atoms in total. The molecule has 164 valence electrons. The molecule has 3 aromatic rings. The van der Waals surface area contributed by atoms with E-state index < -0.39 is 23.8 Å². The predicted molar refractivity (Wildman–Crippen MR) is 121 cm³/mol. The number of rotatable bonds is 8. The lowest BCUT2D eigenvalue weighted by Gasteiger charge is -2.18. The molecular weight excluding hydrogens is 410 g/mol. The Morgan fingerprint density at radius 3 is 2.44 bits per heavy atom. The SMILES string of the molecule is N=C(N)Nc1cccc(C(=O)NCC(=O)NC(CC(=O)O)c2ccc3ccccc3c2)c1. The van der Waals surface area contributed by atoms with E-state index in [0.29, 0.717) is 11.3 Å². The first-order valence-corrected chi connectivity index (χ1v) is 9.81. The van der Waals surface area contributed by atoms with Crippen molar-refractivity contribution in [2.24, 2.45) is 5.73 Å². The topological polar surface area (TPSA) is 157 Å². The van der Waals surface area contributed by atoms with Crippen LogP contribution in [0, 0.1) is 5.41 Å². The summed E-state index contributed by atoms with van der Waals surface area (Å²) < 4.78 is 0. The van der Waals surface area contributed by atoms with E-state index in [2.05, 4.69) is 16.0 Å². The number of nitrogens with one attached hydrogen (secondary N) is 4. The summed E-state index contributed by atoms with van der Waals surface area (Å²) in [5, 5.41) is 26.2. The number of fused-ring (bicyclic) bond motifs is 1. The Bertz CT molecular complexity index is 1180. The van der Waals surface area contributed by atoms with Gasteiger partial charge < -0.3 is 26.8 Å². The first kappa shape index (κ1) is 22.3. The third-order valence-electron chi connectivity index (χ3n) is 4.70. The third-order valence-corrected chi connectivity index (χ3v) is 4.70. The molecule has 9 heteroatoms. The maximum atomic E-state index is 12.4. The summed E-state index contributed by atoms with van der Waals surface area (Å²) in [5.41, 5.74) is 6.69. The van der Waals surface area contributed by atoms with Crippen LogP contribution in [0.25, 0.3) is 10.8 Å². The molecule has 3 rings (SSSR count). The van der Waals surface area contributed by atoms with Crippen molar-refractivity contribution in [3.63, 3.8) is 0 Å². The van der Waals surface area contributed by atoms with Gasteiger partial charge >= 0.3 is 5.97 Å². The van der Waals surface area contributed by atoms with Crippen molar-refractivity contribution >= 4 is 40.2 Å². The zero-order chi connectivity index (χ0) is 23.1. The number of benzene rings is 3. The van der Waals surface area contributed by atoms with Crippen LogP contribution in [-0.2, 0) is 9.59 Å². The van der Waals surface area contributed by atoms with Crippen LogP contribution in [0.15, 0.2) is 66.7 Å². The summed E-state index contributed by atoms with van der Waals surface area (Å²) in [5.74, 6) is -2.33. The summed E-state index contributed by atoms with van der Waals surface area (Å²) in [4.78, 5) is 36.2. The Balaban J connectivity index is 1.65. The molecular formula is C23H23N5O4. The highest BCUT2D eigenvalue weighted by Gasteiger charge is 2.19. The lowest BCUT2D eigenvalue weighted by atomic mass is 9.99. The van der Waals surface area contributed by atoms with Crippen LogP contribution in [0.5, 0.6) is 0 Å². The van der Waals surface area contributed by atoms with Gasteiger partial charge in [-0.3, -0.25) is 19.8 Å². The molecule has 0 aliphatic carbocycles. The van der Waals surface area contributed by atoms with Crippen molar-refractivity contribution in [2.75, 3.05) is 11.9 Å². The number of amides is 2. The van der Waals surface area contributed by atoms with E-state index in [0.717, 1.165) is 10.8 Å². The molecule has 0 aliphatic rings. The number of carbonyl (C=O) groups excluding carboxylic acids is 2. The van der Waals surface area contributed by atoms with Crippen LogP contribution >= 0.6 is 0 Å². The summed E-state index contributed by atoms with van der Waals surface area (Å²) in [7, 11) is 0. The summed E-state index contributed by atoms with van der Waals surface area (Å²) in [6.07, 6.45) is -0.295. The normalized spacial score (nSPS) is 11.4. The van der Waals surface area contributed by atoms with Gasteiger partial charge in [0.2, 0.25) is 5.91 Å². The average molecular weight is 433 g/mol. The fourth-order valence-corrected chi connectivity index (χ4v) is 3.25. The van der Waals surface area contributed by atoms with Gasteiger partial charge in [0, 0.05) is 11.3 Å². The summed E-state index contributed by atoms with van der Waals surface area (Å²) >= 11 is 0. The van der Waals surface area contributed by atoms with Crippen LogP contribution in [0.3, 0.4) is 0 Å². The Kier molecular flexibility index (Phi) is 7.02. The van der Waals surface area contributed by atoms with Crippen molar-refractivity contribution in [3.05, 3.63) is 77.9 Å². The van der Waals surface area contributed by atoms with Crippen LogP contribution in [0.2, 0.25) is 0 Å². The molecule has 0 aliphatic heterocycles. The maximum Gasteiger partial charge on any atom is 0.305 e. The van der Waals surface area contributed by atoms with E-state index in [1.54, 1.807) is 24.3 Å². The van der Waals surface area contributed by atoms with E-state index >= 15 is 0 Å². The smallest absolute Gasteiger partial charge is 0.305 e. The summed E-state index contributed by atoms with van der Waals surface area (Å²) in [6, 6.07) is 18.7. The van der Waals surface area contributed by atoms with Crippen LogP contribution < -0.4 is 21.7 Å². The minimum atomic E-state index is -1.05. The van der Waals surface area contributed by atoms with Crippen molar-refractivity contribution in [3.8, 4) is 0 Å². The third kappa shape index (κ3) is 6.05. The van der Waals surface area contributed by atoms with Gasteiger partial charge in [0.05, 0.1) is 19.0 Å². The maximum absolute atomic E-state index is 12.4. The predicted octanol–water partition coefficient (Wildman–Crippen LogP) is 2.21. The molecule has 0 fully saturated rings. The first-order valence-electron chi connectivity index (χ1n) is 9.81. The highest BCUT2D eigenvalue weighted by molar-refractivity contribution is 5.98. The van der Waals surface area contributed by atoms with Gasteiger partial charge in [-0.25, -0.2) is 0 Å². The Hall–Kier alpha value is -4.40. The zero-order valence-electron chi connectivity index (χ0n) is 17.1. The lowest BCUT2D eigenvalue weighted by molar-refractivity contribution is -0.137. The molecule has 0 bridgehead atoms. The minimum Gasteiger partial charge on any atom is -0.481 e. The molecule has 2 amide bonds. The quantitative estimate of drug-likeness (QED) is 0.236. The molecule has 3 aromatic carbocycles. The Morgan fingerprint density at radius 2 is 1.72 bits per heavy atom. The lowest BCUT2D eigenvalue weighted by Crippen LogP contribution is -2.39. The molecule has 0 radical (unpaired) electrons. The van der Waals surface area contributed by atoms with Gasteiger partial charge in [-0.1, -0.05) is 42.5 Å². The van der Waals surface area contributed by atoms with Gasteiger partial charge in [0.1, 0.15) is 0 Å². The first-order chi connectivity index (χ1) is 15.3. The second kappa shape index (κ2) is 10.1. The second-order valence-electron chi connectivity index (χ2n) is 7.13. The second-order valence-corrected chi connectivity index (χ2v) is 7.13. The van der Waals surface area contributed by atoms with Crippen molar-refractivity contribution in [2.45, 2.75) is 12.5 Å². The van der Waals surface area contributed by atoms with Crippen LogP contribution in [-0.4, -0.2) is 35.4 Å². The molecule has 0 heterocycles. The molecule has 1 atom stereocenters. The standard InChI is InChI=1S/C23H23N5O4/c24-23(25)27-18-7-3-6-17(11-18)22(32)26-13-20(29)28-19(12-21(30)31)16-9-8-14-4-1-2-5-15(14)10-16/h1-11,19H,12-13H2,(H,26,32)(H,28,29)(H,30,31)(H4,24,25,27). The number of aliphatic carboxylic acids is 1. The zero-order valence-corrected chi connectivity index (χ0v) is 17.1. The summed E-state index contributed by atoms with van der Waals surface area (Å²) in [6.45, 7) is -0.326. The number of carbonyl (C=O) groups is 3. The number of anilines is 1. The fraction of sp³-hybridized carbons (Fsp3) is 0.130. The molecule has 0 saturated heterocycles. The van der Waals surface area contributed by atoms with Crippen molar-refractivity contribution in [1.29, 1.82) is 5.41 Å². The largest absolute Gasteiger partial charge is 0.481 e. The highest BCUT2D eigenvalue weighted by Crippen LogP contribution is 2.22. The van der Waals surface area contributed by atoms with Crippen molar-refractivity contribution < 1.29 is 19.5 Å². The Labute approximate surface area is 184 Å². The molecule has 0 aromatic heterocycles. The number of carboxylic acid groups (broad SMARTS) is 1.